The van der Waals surface area contributed by atoms with Crippen LogP contribution in [0.15, 0.2) is 52.1 Å². The molecule has 3 rings (SSSR count). The van der Waals surface area contributed by atoms with E-state index >= 15 is 0 Å². The molecule has 0 aliphatic rings. The monoisotopic (exact) mass is 419 g/mol. The fourth-order valence-corrected chi connectivity index (χ4v) is 2.76. The first kappa shape index (κ1) is 20.3. The van der Waals surface area contributed by atoms with E-state index in [0.29, 0.717) is 0 Å². The topological polar surface area (TPSA) is 110 Å². The molecule has 0 aliphatic heterocycles. The summed E-state index contributed by atoms with van der Waals surface area (Å²) in [5, 5.41) is 5.07. The third-order valence-electron chi connectivity index (χ3n) is 4.04. The number of nitrogens with zero attached hydrogens (tertiary/aromatic N) is 1. The maximum absolute atomic E-state index is 13.8. The molecule has 0 fully saturated rings. The highest BCUT2D eigenvalue weighted by Gasteiger charge is 2.20. The summed E-state index contributed by atoms with van der Waals surface area (Å²) in [7, 11) is 0. The van der Waals surface area contributed by atoms with Crippen molar-refractivity contribution in [3.8, 4) is 0 Å². The maximum atomic E-state index is 13.8. The Morgan fingerprint density at radius 1 is 1.21 bits per heavy atom. The maximum Gasteiger partial charge on any atom is 0.328 e. The van der Waals surface area contributed by atoms with Crippen molar-refractivity contribution >= 4 is 39.9 Å². The lowest BCUT2D eigenvalue weighted by atomic mass is 10.2. The molecule has 0 aliphatic carbocycles. The average molecular weight is 420 g/mol. The van der Waals surface area contributed by atoms with Crippen LogP contribution in [0.4, 0.5) is 10.1 Å². The summed E-state index contributed by atoms with van der Waals surface area (Å²) in [6, 6.07) is 9.83. The van der Waals surface area contributed by atoms with Crippen LogP contribution in [-0.2, 0) is 20.9 Å². The van der Waals surface area contributed by atoms with Crippen LogP contribution in [0.1, 0.15) is 6.92 Å². The molecular formula is C19H15ClFN3O5. The van der Waals surface area contributed by atoms with Gasteiger partial charge < -0.3 is 10.1 Å². The molecule has 10 heteroatoms. The smallest absolute Gasteiger partial charge is 0.328 e. The van der Waals surface area contributed by atoms with Gasteiger partial charge in [-0.25, -0.2) is 9.07 Å². The molecule has 1 atom stereocenters. The Morgan fingerprint density at radius 3 is 2.59 bits per heavy atom. The van der Waals surface area contributed by atoms with Gasteiger partial charge in [-0.15, -0.1) is 0 Å². The lowest BCUT2D eigenvalue weighted by Gasteiger charge is -2.14. The van der Waals surface area contributed by atoms with Gasteiger partial charge in [0.25, 0.3) is 17.0 Å². The van der Waals surface area contributed by atoms with Crippen molar-refractivity contribution in [2.24, 2.45) is 0 Å². The van der Waals surface area contributed by atoms with E-state index in [2.05, 4.69) is 10.4 Å². The first-order valence-electron chi connectivity index (χ1n) is 8.43. The van der Waals surface area contributed by atoms with E-state index in [-0.39, 0.29) is 21.5 Å². The number of carbonyl (C=O) groups excluding carboxylic acids is 2. The lowest BCUT2D eigenvalue weighted by Crippen LogP contribution is -2.36. The highest BCUT2D eigenvalue weighted by atomic mass is 35.5. The first-order chi connectivity index (χ1) is 13.8. The number of aromatic amines is 1. The van der Waals surface area contributed by atoms with Crippen LogP contribution in [0.5, 0.6) is 0 Å². The van der Waals surface area contributed by atoms with Crippen LogP contribution in [-0.4, -0.2) is 27.8 Å². The number of hydrogen-bond donors (Lipinski definition) is 2. The Labute approximate surface area is 167 Å². The lowest BCUT2D eigenvalue weighted by molar-refractivity contribution is -0.154. The molecule has 0 saturated carbocycles. The number of nitrogens with one attached hydrogen (secondary N) is 2. The van der Waals surface area contributed by atoms with Gasteiger partial charge in [0.05, 0.1) is 16.5 Å². The Kier molecular flexibility index (Phi) is 5.79. The Hall–Kier alpha value is -3.46. The van der Waals surface area contributed by atoms with E-state index in [4.69, 9.17) is 16.3 Å². The minimum atomic E-state index is -1.28. The Balaban J connectivity index is 1.69. The molecule has 150 valence electrons. The standard InChI is InChI=1S/C19H15ClFN3O5/c1-10(17(26)22-15-7-6-11(20)8-14(15)21)29-16(25)9-24-19(28)13-5-3-2-4-12(13)18(27)23-24/h2-8,10H,9H2,1H3,(H,22,26)(H,23,27). The second kappa shape index (κ2) is 8.27. The Bertz CT molecular complexity index is 1220. The van der Waals surface area contributed by atoms with E-state index in [1.165, 1.54) is 31.2 Å². The fraction of sp³-hybridized carbons (Fsp3) is 0.158. The van der Waals surface area contributed by atoms with E-state index < -0.39 is 41.5 Å². The van der Waals surface area contributed by atoms with E-state index in [1.807, 2.05) is 0 Å². The van der Waals surface area contributed by atoms with E-state index in [0.717, 1.165) is 10.7 Å². The molecule has 2 aromatic carbocycles. The number of hydrogen-bond acceptors (Lipinski definition) is 5. The molecule has 0 saturated heterocycles. The zero-order chi connectivity index (χ0) is 21.1. The highest BCUT2D eigenvalue weighted by Crippen LogP contribution is 2.19. The van der Waals surface area contributed by atoms with Gasteiger partial charge in [-0.2, -0.15) is 0 Å². The van der Waals surface area contributed by atoms with Gasteiger partial charge in [0.1, 0.15) is 12.4 Å². The molecule has 1 heterocycles. The number of rotatable bonds is 5. The largest absolute Gasteiger partial charge is 0.451 e. The van der Waals surface area contributed by atoms with E-state index in [1.54, 1.807) is 12.1 Å². The molecular weight excluding hydrogens is 405 g/mol. The second-order valence-corrected chi connectivity index (χ2v) is 6.56. The highest BCUT2D eigenvalue weighted by molar-refractivity contribution is 6.30. The minimum Gasteiger partial charge on any atom is -0.451 e. The van der Waals surface area contributed by atoms with Crippen molar-refractivity contribution in [3.05, 3.63) is 74.0 Å². The van der Waals surface area contributed by atoms with Crippen molar-refractivity contribution in [2.75, 3.05) is 5.32 Å². The van der Waals surface area contributed by atoms with Gasteiger partial charge in [-0.05, 0) is 37.3 Å². The summed E-state index contributed by atoms with van der Waals surface area (Å²) in [5.74, 6) is -2.46. The molecule has 1 unspecified atom stereocenters. The zero-order valence-electron chi connectivity index (χ0n) is 15.1. The summed E-state index contributed by atoms with van der Waals surface area (Å²) in [5.41, 5.74) is -1.26. The van der Waals surface area contributed by atoms with Crippen molar-refractivity contribution in [2.45, 2.75) is 19.6 Å². The molecule has 0 spiro atoms. The predicted octanol–water partition coefficient (Wildman–Crippen LogP) is 2.05. The predicted molar refractivity (Wildman–Crippen MR) is 104 cm³/mol. The molecule has 1 amide bonds. The van der Waals surface area contributed by atoms with Crippen molar-refractivity contribution in [1.29, 1.82) is 0 Å². The normalized spacial score (nSPS) is 11.8. The molecule has 0 radical (unpaired) electrons. The second-order valence-electron chi connectivity index (χ2n) is 6.12. The number of fused-ring (bicyclic) bond motifs is 1. The van der Waals surface area contributed by atoms with Gasteiger partial charge in [0, 0.05) is 5.02 Å². The van der Waals surface area contributed by atoms with Gasteiger partial charge in [-0.1, -0.05) is 23.7 Å². The number of H-pyrrole nitrogens is 1. The number of halogens is 2. The number of carbonyl (C=O) groups is 2. The molecule has 29 heavy (non-hydrogen) atoms. The zero-order valence-corrected chi connectivity index (χ0v) is 15.8. The van der Waals surface area contributed by atoms with Crippen LogP contribution in [0.3, 0.4) is 0 Å². The summed E-state index contributed by atoms with van der Waals surface area (Å²) in [4.78, 5) is 48.7. The average Bonchev–Trinajstić information content (AvgIpc) is 2.68. The number of aromatic nitrogens is 2. The van der Waals surface area contributed by atoms with E-state index in [9.17, 15) is 23.6 Å². The quantitative estimate of drug-likeness (QED) is 0.615. The van der Waals surface area contributed by atoms with Crippen molar-refractivity contribution in [1.82, 2.24) is 9.78 Å². The number of amides is 1. The third-order valence-corrected chi connectivity index (χ3v) is 4.27. The third kappa shape index (κ3) is 4.52. The number of benzene rings is 2. The molecule has 2 N–H and O–H groups in total. The molecule has 1 aromatic heterocycles. The van der Waals surface area contributed by atoms with Gasteiger partial charge >= 0.3 is 5.97 Å². The fourth-order valence-electron chi connectivity index (χ4n) is 2.60. The molecule has 0 bridgehead atoms. The molecule has 8 nitrogen and oxygen atoms in total. The van der Waals surface area contributed by atoms with Crippen molar-refractivity contribution < 1.29 is 18.7 Å². The minimum absolute atomic E-state index is 0.127. The van der Waals surface area contributed by atoms with Crippen LogP contribution < -0.4 is 16.4 Å². The van der Waals surface area contributed by atoms with Gasteiger partial charge in [-0.3, -0.25) is 24.3 Å². The summed E-state index contributed by atoms with van der Waals surface area (Å²) in [6.45, 7) is 0.679. The Morgan fingerprint density at radius 2 is 1.90 bits per heavy atom. The number of ether oxygens (including phenoxy) is 1. The van der Waals surface area contributed by atoms with Crippen LogP contribution >= 0.6 is 11.6 Å². The number of esters is 1. The summed E-state index contributed by atoms with van der Waals surface area (Å²) < 4.78 is 19.5. The van der Waals surface area contributed by atoms with Crippen molar-refractivity contribution in [3.63, 3.8) is 0 Å². The molecule has 3 aromatic rings. The first-order valence-corrected chi connectivity index (χ1v) is 8.81. The summed E-state index contributed by atoms with van der Waals surface area (Å²) >= 11 is 5.65. The SMILES string of the molecule is CC(OC(=O)Cn1[nH]c(=O)c2ccccc2c1=O)C(=O)Nc1ccc(Cl)cc1F. The van der Waals surface area contributed by atoms with Crippen LogP contribution in [0, 0.1) is 5.82 Å². The van der Waals surface area contributed by atoms with Gasteiger partial charge in [0.15, 0.2) is 6.10 Å². The van der Waals surface area contributed by atoms with Crippen LogP contribution in [0.25, 0.3) is 10.8 Å². The number of anilines is 1. The van der Waals surface area contributed by atoms with Crippen LogP contribution in [0.2, 0.25) is 5.02 Å². The van der Waals surface area contributed by atoms with Gasteiger partial charge in [0.2, 0.25) is 0 Å². The summed E-state index contributed by atoms with van der Waals surface area (Å²) in [6.07, 6.45) is -1.28.